The van der Waals surface area contributed by atoms with Gasteiger partial charge in [0.15, 0.2) is 5.67 Å². The number of alkyl halides is 1. The molecule has 0 amide bonds. The number of hydrogen-bond donors (Lipinski definition) is 1. The van der Waals surface area contributed by atoms with Crippen LogP contribution in [0.4, 0.5) is 4.39 Å². The Labute approximate surface area is 167 Å². The maximum atomic E-state index is 16.0. The van der Waals surface area contributed by atoms with Gasteiger partial charge in [-0.3, -0.25) is 0 Å². The highest BCUT2D eigenvalue weighted by Crippen LogP contribution is 2.42. The van der Waals surface area contributed by atoms with E-state index < -0.39 is 27.0 Å². The van der Waals surface area contributed by atoms with Gasteiger partial charge in [-0.1, -0.05) is 48.9 Å². The second-order valence-corrected chi connectivity index (χ2v) is 9.94. The first-order chi connectivity index (χ1) is 13.3. The summed E-state index contributed by atoms with van der Waals surface area (Å²) in [5.74, 6) is 0.659. The normalized spacial score (nSPS) is 22.9. The maximum Gasteiger partial charge on any atom is 0.214 e. The highest BCUT2D eigenvalue weighted by Gasteiger charge is 2.44. The fourth-order valence-electron chi connectivity index (χ4n) is 3.54. The lowest BCUT2D eigenvalue weighted by Crippen LogP contribution is -2.51. The molecular weight excluding hydrogens is 377 g/mol. The van der Waals surface area contributed by atoms with Crippen molar-refractivity contribution in [1.82, 2.24) is 4.72 Å². The molecule has 3 rings (SSSR count). The minimum atomic E-state index is -3.54. The molecule has 0 spiro atoms. The van der Waals surface area contributed by atoms with Crippen LogP contribution in [0.25, 0.3) is 0 Å². The van der Waals surface area contributed by atoms with Crippen molar-refractivity contribution in [2.45, 2.75) is 63.1 Å². The van der Waals surface area contributed by atoms with E-state index in [1.807, 2.05) is 30.3 Å². The van der Waals surface area contributed by atoms with Crippen LogP contribution in [0.5, 0.6) is 5.75 Å². The van der Waals surface area contributed by atoms with Gasteiger partial charge in [0.25, 0.3) is 0 Å². The summed E-state index contributed by atoms with van der Waals surface area (Å²) in [5.41, 5.74) is -0.155. The molecule has 6 heteroatoms. The van der Waals surface area contributed by atoms with Crippen molar-refractivity contribution in [1.29, 1.82) is 0 Å². The zero-order valence-corrected chi connectivity index (χ0v) is 17.2. The molecule has 1 aliphatic carbocycles. The van der Waals surface area contributed by atoms with E-state index in [9.17, 15) is 8.42 Å². The van der Waals surface area contributed by atoms with Crippen LogP contribution in [0.3, 0.4) is 0 Å². The third-order valence-electron chi connectivity index (χ3n) is 5.35. The molecule has 2 aromatic rings. The summed E-state index contributed by atoms with van der Waals surface area (Å²) in [6.07, 6.45) is 2.36. The van der Waals surface area contributed by atoms with Crippen LogP contribution in [0.1, 0.15) is 50.7 Å². The van der Waals surface area contributed by atoms with E-state index in [-0.39, 0.29) is 0 Å². The molecule has 2 unspecified atom stereocenters. The standard InChI is InChI=1S/C22H28FNO3S/c1-17(2)28(25,26)24-21-10-6-7-15-22(21,23)19-11-13-20(14-12-19)27-16-18-8-4-3-5-9-18/h3-5,8-9,11-14,17,21,24H,6-7,10,15-16H2,1-2H3. The Kier molecular flexibility index (Phi) is 6.40. The number of hydrogen-bond acceptors (Lipinski definition) is 3. The summed E-state index contributed by atoms with van der Waals surface area (Å²) >= 11 is 0. The predicted molar refractivity (Wildman–Crippen MR) is 109 cm³/mol. The molecule has 0 aromatic heterocycles. The van der Waals surface area contributed by atoms with Crippen molar-refractivity contribution in [3.63, 3.8) is 0 Å². The first-order valence-corrected chi connectivity index (χ1v) is 11.3. The lowest BCUT2D eigenvalue weighted by atomic mass is 9.77. The van der Waals surface area contributed by atoms with E-state index in [1.54, 1.807) is 38.1 Å². The van der Waals surface area contributed by atoms with Gasteiger partial charge >= 0.3 is 0 Å². The van der Waals surface area contributed by atoms with Crippen LogP contribution >= 0.6 is 0 Å². The number of halogens is 1. The third-order valence-corrected chi connectivity index (χ3v) is 7.20. The molecule has 0 aliphatic heterocycles. The molecular formula is C22H28FNO3S. The van der Waals surface area contributed by atoms with E-state index in [0.29, 0.717) is 30.8 Å². The monoisotopic (exact) mass is 405 g/mol. The zero-order valence-electron chi connectivity index (χ0n) is 16.4. The van der Waals surface area contributed by atoms with Gasteiger partial charge < -0.3 is 4.74 Å². The average Bonchev–Trinajstić information content (AvgIpc) is 2.69. The highest BCUT2D eigenvalue weighted by atomic mass is 32.2. The quantitative estimate of drug-likeness (QED) is 0.726. The summed E-state index contributed by atoms with van der Waals surface area (Å²) < 4.78 is 48.9. The number of nitrogens with one attached hydrogen (secondary N) is 1. The molecule has 1 aliphatic rings. The molecule has 0 bridgehead atoms. The smallest absolute Gasteiger partial charge is 0.214 e. The van der Waals surface area contributed by atoms with Gasteiger partial charge in [0, 0.05) is 0 Å². The van der Waals surface area contributed by atoms with Crippen LogP contribution in [0.15, 0.2) is 54.6 Å². The fourth-order valence-corrected chi connectivity index (χ4v) is 4.51. The van der Waals surface area contributed by atoms with Crippen molar-refractivity contribution in [3.05, 3.63) is 65.7 Å². The van der Waals surface area contributed by atoms with E-state index in [4.69, 9.17) is 4.74 Å². The van der Waals surface area contributed by atoms with Gasteiger partial charge in [-0.05, 0) is 56.4 Å². The van der Waals surface area contributed by atoms with Crippen LogP contribution in [-0.2, 0) is 22.3 Å². The Balaban J connectivity index is 1.74. The first-order valence-electron chi connectivity index (χ1n) is 9.78. The molecule has 2 aromatic carbocycles. The third kappa shape index (κ3) is 4.73. The van der Waals surface area contributed by atoms with Crippen LogP contribution in [-0.4, -0.2) is 19.7 Å². The summed E-state index contributed by atoms with van der Waals surface area (Å²) in [5, 5.41) is -0.590. The molecule has 1 saturated carbocycles. The predicted octanol–water partition coefficient (Wildman–Crippen LogP) is 4.70. The van der Waals surface area contributed by atoms with Crippen LogP contribution in [0.2, 0.25) is 0 Å². The highest BCUT2D eigenvalue weighted by molar-refractivity contribution is 7.90. The van der Waals surface area contributed by atoms with Crippen molar-refractivity contribution in [2.24, 2.45) is 0 Å². The zero-order chi connectivity index (χ0) is 20.2. The van der Waals surface area contributed by atoms with E-state index >= 15 is 4.39 Å². The van der Waals surface area contributed by atoms with E-state index in [1.165, 1.54) is 0 Å². The summed E-state index contributed by atoms with van der Waals surface area (Å²) in [6.45, 7) is 3.64. The van der Waals surface area contributed by atoms with E-state index in [2.05, 4.69) is 4.72 Å². The van der Waals surface area contributed by atoms with E-state index in [0.717, 1.165) is 18.4 Å². The Morgan fingerprint density at radius 3 is 2.43 bits per heavy atom. The largest absolute Gasteiger partial charge is 0.489 e. The minimum absolute atomic E-state index is 0.308. The first kappa shape index (κ1) is 20.8. The number of ether oxygens (including phenoxy) is 1. The Bertz CT molecular complexity index is 868. The second-order valence-electron chi connectivity index (χ2n) is 7.67. The number of rotatable bonds is 7. The van der Waals surface area contributed by atoms with Crippen LogP contribution < -0.4 is 9.46 Å². The van der Waals surface area contributed by atoms with Crippen molar-refractivity contribution in [3.8, 4) is 5.75 Å². The SMILES string of the molecule is CC(C)S(=O)(=O)NC1CCCCC1(F)c1ccc(OCc2ccccc2)cc1. The molecule has 152 valence electrons. The number of benzene rings is 2. The number of sulfonamides is 1. The van der Waals surface area contributed by atoms with Gasteiger partial charge in [-0.25, -0.2) is 17.5 Å². The van der Waals surface area contributed by atoms with Crippen molar-refractivity contribution in [2.75, 3.05) is 0 Å². The molecule has 1 fully saturated rings. The van der Waals surface area contributed by atoms with Crippen molar-refractivity contribution >= 4 is 10.0 Å². The Morgan fingerprint density at radius 1 is 1.11 bits per heavy atom. The molecule has 28 heavy (non-hydrogen) atoms. The second kappa shape index (κ2) is 8.62. The fraction of sp³-hybridized carbons (Fsp3) is 0.455. The van der Waals surface area contributed by atoms with Gasteiger partial charge in [0.2, 0.25) is 10.0 Å². The minimum Gasteiger partial charge on any atom is -0.489 e. The summed E-state index contributed by atoms with van der Waals surface area (Å²) in [4.78, 5) is 0. The molecule has 2 atom stereocenters. The molecule has 0 radical (unpaired) electrons. The molecule has 4 nitrogen and oxygen atoms in total. The molecule has 0 heterocycles. The Hall–Kier alpha value is -1.92. The average molecular weight is 406 g/mol. The lowest BCUT2D eigenvalue weighted by molar-refractivity contribution is 0.0711. The van der Waals surface area contributed by atoms with Crippen LogP contribution in [0, 0.1) is 0 Å². The summed E-state index contributed by atoms with van der Waals surface area (Å²) in [6, 6.07) is 16.0. The molecule has 0 saturated heterocycles. The molecule has 1 N–H and O–H groups in total. The van der Waals surface area contributed by atoms with Gasteiger partial charge in [-0.2, -0.15) is 0 Å². The summed E-state index contributed by atoms with van der Waals surface area (Å²) in [7, 11) is -3.54. The van der Waals surface area contributed by atoms with Gasteiger partial charge in [-0.15, -0.1) is 0 Å². The van der Waals surface area contributed by atoms with Gasteiger partial charge in [0.1, 0.15) is 12.4 Å². The lowest BCUT2D eigenvalue weighted by Gasteiger charge is -2.38. The topological polar surface area (TPSA) is 55.4 Å². The Morgan fingerprint density at radius 2 is 1.79 bits per heavy atom. The van der Waals surface area contributed by atoms with Crippen molar-refractivity contribution < 1.29 is 17.5 Å². The van der Waals surface area contributed by atoms with Gasteiger partial charge in [0.05, 0.1) is 11.3 Å². The maximum absolute atomic E-state index is 16.0.